The molecular formula is C15H22N4O4S. The van der Waals surface area contributed by atoms with E-state index in [1.165, 1.54) is 0 Å². The second-order valence-corrected chi connectivity index (χ2v) is 8.71. The van der Waals surface area contributed by atoms with Crippen molar-refractivity contribution in [1.29, 1.82) is 0 Å². The number of carboxylic acids is 1. The summed E-state index contributed by atoms with van der Waals surface area (Å²) in [5, 5.41) is 12.3. The highest BCUT2D eigenvalue weighted by molar-refractivity contribution is 7.92. The van der Waals surface area contributed by atoms with Crippen molar-refractivity contribution in [3.05, 3.63) is 24.5 Å². The molecule has 2 aromatic rings. The highest BCUT2D eigenvalue weighted by Gasteiger charge is 2.25. The van der Waals surface area contributed by atoms with Crippen LogP contribution in [0.2, 0.25) is 0 Å². The normalized spacial score (nSPS) is 13.7. The smallest absolute Gasteiger partial charge is 0.326 e. The molecule has 0 radical (unpaired) electrons. The van der Waals surface area contributed by atoms with E-state index in [1.807, 2.05) is 20.8 Å². The molecule has 2 aromatic heterocycles. The van der Waals surface area contributed by atoms with Gasteiger partial charge in [0.25, 0.3) is 0 Å². The van der Waals surface area contributed by atoms with Crippen LogP contribution >= 0.6 is 0 Å². The van der Waals surface area contributed by atoms with Gasteiger partial charge in [0.05, 0.1) is 23.7 Å². The van der Waals surface area contributed by atoms with Crippen LogP contribution in [-0.4, -0.2) is 41.2 Å². The number of fused-ring (bicyclic) bond motifs is 1. The summed E-state index contributed by atoms with van der Waals surface area (Å²) >= 11 is 0. The minimum absolute atomic E-state index is 0.157. The van der Waals surface area contributed by atoms with Crippen LogP contribution in [0.25, 0.3) is 5.52 Å². The molecule has 0 aromatic carbocycles. The van der Waals surface area contributed by atoms with Gasteiger partial charge in [0.2, 0.25) is 16.0 Å². The standard InChI is InChI=1S/C15H22N4O4S/c1-15(2,3)8-12(13(20)21)17-14-16-9-11-7-10(5-6-19(11)14)18-24(4,22)23/h5-7,9,12,18H,8H2,1-4H3,(H,16,17)(H,20,21). The number of nitrogens with one attached hydrogen (secondary N) is 2. The van der Waals surface area contributed by atoms with Crippen molar-refractivity contribution in [2.24, 2.45) is 5.41 Å². The number of hydrogen-bond donors (Lipinski definition) is 3. The van der Waals surface area contributed by atoms with Crippen molar-refractivity contribution < 1.29 is 18.3 Å². The molecule has 0 aliphatic heterocycles. The van der Waals surface area contributed by atoms with Gasteiger partial charge >= 0.3 is 5.97 Å². The number of imidazole rings is 1. The second-order valence-electron chi connectivity index (χ2n) is 6.97. The molecule has 0 saturated heterocycles. The van der Waals surface area contributed by atoms with Gasteiger partial charge in [-0.25, -0.2) is 18.2 Å². The van der Waals surface area contributed by atoms with Crippen molar-refractivity contribution >= 4 is 33.1 Å². The number of nitrogens with zero attached hydrogens (tertiary/aromatic N) is 2. The predicted octanol–water partition coefficient (Wildman–Crippen LogP) is 2.01. The third kappa shape index (κ3) is 4.85. The maximum Gasteiger partial charge on any atom is 0.326 e. The molecule has 0 spiro atoms. The van der Waals surface area contributed by atoms with E-state index in [2.05, 4.69) is 15.0 Å². The van der Waals surface area contributed by atoms with Gasteiger partial charge in [-0.05, 0) is 24.0 Å². The van der Waals surface area contributed by atoms with Gasteiger partial charge in [-0.3, -0.25) is 9.12 Å². The maximum atomic E-state index is 11.5. The molecular weight excluding hydrogens is 332 g/mol. The Balaban J connectivity index is 2.28. The lowest BCUT2D eigenvalue weighted by atomic mass is 9.88. The number of hydrogen-bond acceptors (Lipinski definition) is 5. The van der Waals surface area contributed by atoms with Gasteiger partial charge < -0.3 is 10.4 Å². The van der Waals surface area contributed by atoms with Crippen LogP contribution in [0.4, 0.5) is 11.6 Å². The highest BCUT2D eigenvalue weighted by atomic mass is 32.2. The third-order valence-corrected chi connectivity index (χ3v) is 3.86. The molecule has 1 unspecified atom stereocenters. The predicted molar refractivity (Wildman–Crippen MR) is 92.8 cm³/mol. The van der Waals surface area contributed by atoms with E-state index in [0.29, 0.717) is 23.6 Å². The summed E-state index contributed by atoms with van der Waals surface area (Å²) in [4.78, 5) is 15.7. The zero-order chi connectivity index (χ0) is 18.1. The molecule has 8 nitrogen and oxygen atoms in total. The van der Waals surface area contributed by atoms with E-state index in [-0.39, 0.29) is 5.41 Å². The monoisotopic (exact) mass is 354 g/mol. The van der Waals surface area contributed by atoms with Crippen LogP contribution in [0.5, 0.6) is 0 Å². The van der Waals surface area contributed by atoms with Crippen LogP contribution in [0.1, 0.15) is 27.2 Å². The number of carboxylic acid groups (broad SMARTS) is 1. The largest absolute Gasteiger partial charge is 0.480 e. The van der Waals surface area contributed by atoms with Crippen molar-refractivity contribution in [1.82, 2.24) is 9.38 Å². The van der Waals surface area contributed by atoms with Crippen LogP contribution in [0.15, 0.2) is 24.5 Å². The quantitative estimate of drug-likeness (QED) is 0.731. The SMILES string of the molecule is CC(C)(C)CC(Nc1ncc2cc(NS(C)(=O)=O)ccn12)C(=O)O. The van der Waals surface area contributed by atoms with E-state index < -0.39 is 22.0 Å². The maximum absolute atomic E-state index is 11.5. The zero-order valence-electron chi connectivity index (χ0n) is 14.1. The minimum Gasteiger partial charge on any atom is -0.480 e. The summed E-state index contributed by atoms with van der Waals surface area (Å²) in [6.45, 7) is 5.91. The lowest BCUT2D eigenvalue weighted by Gasteiger charge is -2.24. The molecule has 0 amide bonds. The van der Waals surface area contributed by atoms with Gasteiger partial charge in [0.1, 0.15) is 6.04 Å². The minimum atomic E-state index is -3.36. The molecule has 0 saturated carbocycles. The first-order valence-electron chi connectivity index (χ1n) is 7.39. The number of pyridine rings is 1. The Morgan fingerprint density at radius 2 is 2.08 bits per heavy atom. The van der Waals surface area contributed by atoms with E-state index >= 15 is 0 Å². The molecule has 9 heteroatoms. The van der Waals surface area contributed by atoms with E-state index in [4.69, 9.17) is 0 Å². The fourth-order valence-electron chi connectivity index (χ4n) is 2.35. The van der Waals surface area contributed by atoms with Gasteiger partial charge in [-0.2, -0.15) is 0 Å². The van der Waals surface area contributed by atoms with Crippen molar-refractivity contribution in [2.75, 3.05) is 16.3 Å². The summed E-state index contributed by atoms with van der Waals surface area (Å²) < 4.78 is 26.6. The average Bonchev–Trinajstić information content (AvgIpc) is 2.77. The highest BCUT2D eigenvalue weighted by Crippen LogP contribution is 2.24. The second kappa shape index (κ2) is 6.31. The van der Waals surface area contributed by atoms with Crippen LogP contribution in [0.3, 0.4) is 0 Å². The van der Waals surface area contributed by atoms with Crippen LogP contribution < -0.4 is 10.0 Å². The Morgan fingerprint density at radius 3 is 2.62 bits per heavy atom. The van der Waals surface area contributed by atoms with E-state index in [0.717, 1.165) is 6.26 Å². The van der Waals surface area contributed by atoms with Crippen molar-refractivity contribution in [3.8, 4) is 0 Å². The molecule has 1 atom stereocenters. The molecule has 0 bridgehead atoms. The fraction of sp³-hybridized carbons (Fsp3) is 0.467. The summed E-state index contributed by atoms with van der Waals surface area (Å²) in [7, 11) is -3.36. The van der Waals surface area contributed by atoms with Gasteiger partial charge in [-0.15, -0.1) is 0 Å². The van der Waals surface area contributed by atoms with Gasteiger partial charge in [0.15, 0.2) is 0 Å². The zero-order valence-corrected chi connectivity index (χ0v) is 14.9. The molecule has 24 heavy (non-hydrogen) atoms. The lowest BCUT2D eigenvalue weighted by Crippen LogP contribution is -2.34. The molecule has 0 aliphatic rings. The first-order valence-corrected chi connectivity index (χ1v) is 9.28. The Kier molecular flexibility index (Phi) is 4.75. The third-order valence-electron chi connectivity index (χ3n) is 3.25. The lowest BCUT2D eigenvalue weighted by molar-refractivity contribution is -0.138. The number of carbonyl (C=O) groups is 1. The van der Waals surface area contributed by atoms with Gasteiger partial charge in [0, 0.05) is 6.20 Å². The van der Waals surface area contributed by atoms with Crippen LogP contribution in [-0.2, 0) is 14.8 Å². The Morgan fingerprint density at radius 1 is 1.42 bits per heavy atom. The number of aliphatic carboxylic acids is 1. The van der Waals surface area contributed by atoms with E-state index in [9.17, 15) is 18.3 Å². The van der Waals surface area contributed by atoms with Crippen LogP contribution in [0, 0.1) is 5.41 Å². The van der Waals surface area contributed by atoms with E-state index in [1.54, 1.807) is 28.9 Å². The molecule has 3 N–H and O–H groups in total. The number of anilines is 2. The Bertz CT molecular complexity index is 852. The molecule has 2 heterocycles. The van der Waals surface area contributed by atoms with Crippen molar-refractivity contribution in [2.45, 2.75) is 33.2 Å². The Labute approximate surface area is 141 Å². The summed E-state index contributed by atoms with van der Waals surface area (Å²) in [5.41, 5.74) is 0.905. The summed E-state index contributed by atoms with van der Waals surface area (Å²) in [5.74, 6) is -0.551. The molecule has 0 fully saturated rings. The first-order chi connectivity index (χ1) is 10.9. The summed E-state index contributed by atoms with van der Waals surface area (Å²) in [6.07, 6.45) is 4.69. The van der Waals surface area contributed by atoms with Gasteiger partial charge in [-0.1, -0.05) is 20.8 Å². The number of aromatic nitrogens is 2. The Hall–Kier alpha value is -2.29. The average molecular weight is 354 g/mol. The van der Waals surface area contributed by atoms with Crippen molar-refractivity contribution in [3.63, 3.8) is 0 Å². The molecule has 132 valence electrons. The first kappa shape index (κ1) is 18.1. The number of sulfonamides is 1. The number of rotatable bonds is 6. The topological polar surface area (TPSA) is 113 Å². The fourth-order valence-corrected chi connectivity index (χ4v) is 2.91. The summed E-state index contributed by atoms with van der Waals surface area (Å²) in [6, 6.07) is 2.43. The molecule has 2 rings (SSSR count). The molecule has 0 aliphatic carbocycles.